The quantitative estimate of drug-likeness (QED) is 0.810. The Balaban J connectivity index is 1.84. The van der Waals surface area contributed by atoms with Crippen molar-refractivity contribution in [1.82, 2.24) is 5.32 Å². The summed E-state index contributed by atoms with van der Waals surface area (Å²) in [5, 5.41) is 12.0. The van der Waals surface area contributed by atoms with E-state index in [0.717, 1.165) is 6.42 Å². The van der Waals surface area contributed by atoms with Gasteiger partial charge in [-0.05, 0) is 38.0 Å². The zero-order chi connectivity index (χ0) is 14.5. The Morgan fingerprint density at radius 3 is 2.35 bits per heavy atom. The van der Waals surface area contributed by atoms with Gasteiger partial charge in [0.15, 0.2) is 6.10 Å². The number of hydrogen-bond donors (Lipinski definition) is 2. The molecule has 2 N–H and O–H groups in total. The molecule has 1 aliphatic carbocycles. The van der Waals surface area contributed by atoms with Crippen molar-refractivity contribution in [2.45, 2.75) is 76.5 Å². The SMILES string of the molecule is CCC(NC(=O)C1CCC(C(=O)O)O1)C1CCCCC1. The van der Waals surface area contributed by atoms with Crippen molar-refractivity contribution in [3.05, 3.63) is 0 Å². The van der Waals surface area contributed by atoms with E-state index in [0.29, 0.717) is 18.8 Å². The van der Waals surface area contributed by atoms with E-state index < -0.39 is 18.2 Å². The first-order valence-corrected chi connectivity index (χ1v) is 7.80. The van der Waals surface area contributed by atoms with Gasteiger partial charge in [0.1, 0.15) is 6.10 Å². The Labute approximate surface area is 120 Å². The van der Waals surface area contributed by atoms with Gasteiger partial charge < -0.3 is 15.2 Å². The van der Waals surface area contributed by atoms with Gasteiger partial charge in [-0.1, -0.05) is 26.2 Å². The van der Waals surface area contributed by atoms with Crippen LogP contribution in [0.2, 0.25) is 0 Å². The number of rotatable bonds is 5. The number of ether oxygens (including phenoxy) is 1. The van der Waals surface area contributed by atoms with Gasteiger partial charge in [0, 0.05) is 6.04 Å². The molecule has 0 bridgehead atoms. The monoisotopic (exact) mass is 283 g/mol. The number of hydrogen-bond acceptors (Lipinski definition) is 3. The summed E-state index contributed by atoms with van der Waals surface area (Å²) in [5.41, 5.74) is 0. The second-order valence-electron chi connectivity index (χ2n) is 5.95. The van der Waals surface area contributed by atoms with E-state index in [1.165, 1.54) is 32.1 Å². The Morgan fingerprint density at radius 2 is 1.80 bits per heavy atom. The highest BCUT2D eigenvalue weighted by Crippen LogP contribution is 2.28. The predicted octanol–water partition coefficient (Wildman–Crippen LogP) is 2.09. The highest BCUT2D eigenvalue weighted by Gasteiger charge is 2.36. The number of carbonyl (C=O) groups excluding carboxylic acids is 1. The number of nitrogens with one attached hydrogen (secondary N) is 1. The lowest BCUT2D eigenvalue weighted by Crippen LogP contribution is -2.45. The van der Waals surface area contributed by atoms with Crippen molar-refractivity contribution in [3.8, 4) is 0 Å². The van der Waals surface area contributed by atoms with E-state index in [2.05, 4.69) is 12.2 Å². The van der Waals surface area contributed by atoms with Crippen LogP contribution < -0.4 is 5.32 Å². The van der Waals surface area contributed by atoms with Crippen molar-refractivity contribution in [1.29, 1.82) is 0 Å². The summed E-state index contributed by atoms with van der Waals surface area (Å²) in [6.45, 7) is 2.09. The van der Waals surface area contributed by atoms with Crippen LogP contribution in [0.4, 0.5) is 0 Å². The van der Waals surface area contributed by atoms with Crippen molar-refractivity contribution in [2.75, 3.05) is 0 Å². The first-order chi connectivity index (χ1) is 9.61. The molecule has 5 heteroatoms. The van der Waals surface area contributed by atoms with Crippen molar-refractivity contribution in [3.63, 3.8) is 0 Å². The summed E-state index contributed by atoms with van der Waals surface area (Å²) in [4.78, 5) is 23.0. The molecular formula is C15H25NO4. The fourth-order valence-corrected chi connectivity index (χ4v) is 3.38. The van der Waals surface area contributed by atoms with Crippen LogP contribution in [0.5, 0.6) is 0 Å². The fraction of sp³-hybridized carbons (Fsp3) is 0.867. The van der Waals surface area contributed by atoms with Crippen LogP contribution in [-0.2, 0) is 14.3 Å². The van der Waals surface area contributed by atoms with Gasteiger partial charge in [-0.15, -0.1) is 0 Å². The lowest BCUT2D eigenvalue weighted by atomic mass is 9.83. The van der Waals surface area contributed by atoms with E-state index in [4.69, 9.17) is 9.84 Å². The van der Waals surface area contributed by atoms with E-state index in [1.54, 1.807) is 0 Å². The van der Waals surface area contributed by atoms with Crippen LogP contribution in [0.15, 0.2) is 0 Å². The number of carbonyl (C=O) groups is 2. The molecule has 3 unspecified atom stereocenters. The molecule has 1 heterocycles. The van der Waals surface area contributed by atoms with E-state index >= 15 is 0 Å². The molecule has 0 aromatic rings. The van der Waals surface area contributed by atoms with E-state index in [9.17, 15) is 9.59 Å². The molecule has 2 aliphatic rings. The minimum absolute atomic E-state index is 0.133. The summed E-state index contributed by atoms with van der Waals surface area (Å²) in [6, 6.07) is 0.204. The number of amides is 1. The number of aliphatic carboxylic acids is 1. The largest absolute Gasteiger partial charge is 0.479 e. The molecular weight excluding hydrogens is 258 g/mol. The molecule has 1 aliphatic heterocycles. The maximum atomic E-state index is 12.2. The maximum absolute atomic E-state index is 12.2. The molecule has 1 saturated heterocycles. The van der Waals surface area contributed by atoms with Crippen LogP contribution in [0.3, 0.4) is 0 Å². The van der Waals surface area contributed by atoms with Crippen LogP contribution in [0, 0.1) is 5.92 Å². The fourth-order valence-electron chi connectivity index (χ4n) is 3.38. The van der Waals surface area contributed by atoms with E-state index in [-0.39, 0.29) is 11.9 Å². The van der Waals surface area contributed by atoms with Gasteiger partial charge in [-0.2, -0.15) is 0 Å². The molecule has 20 heavy (non-hydrogen) atoms. The van der Waals surface area contributed by atoms with Crippen LogP contribution >= 0.6 is 0 Å². The molecule has 0 radical (unpaired) electrons. The Kier molecular flexibility index (Phi) is 5.40. The number of carboxylic acid groups (broad SMARTS) is 1. The van der Waals surface area contributed by atoms with Crippen LogP contribution in [0.1, 0.15) is 58.3 Å². The summed E-state index contributed by atoms with van der Waals surface area (Å²) < 4.78 is 5.31. The lowest BCUT2D eigenvalue weighted by Gasteiger charge is -2.31. The third-order valence-electron chi connectivity index (χ3n) is 4.57. The highest BCUT2D eigenvalue weighted by atomic mass is 16.5. The van der Waals surface area contributed by atoms with Gasteiger partial charge in [-0.25, -0.2) is 4.79 Å². The summed E-state index contributed by atoms with van der Waals surface area (Å²) in [6.07, 6.45) is 6.60. The summed E-state index contributed by atoms with van der Waals surface area (Å²) in [5.74, 6) is -0.542. The second-order valence-corrected chi connectivity index (χ2v) is 5.95. The molecule has 0 aromatic carbocycles. The average Bonchev–Trinajstić information content (AvgIpc) is 2.95. The molecule has 0 aromatic heterocycles. The Hall–Kier alpha value is -1.10. The molecule has 114 valence electrons. The van der Waals surface area contributed by atoms with Gasteiger partial charge in [0.05, 0.1) is 0 Å². The zero-order valence-electron chi connectivity index (χ0n) is 12.1. The van der Waals surface area contributed by atoms with Gasteiger partial charge in [0.25, 0.3) is 0 Å². The smallest absolute Gasteiger partial charge is 0.332 e. The zero-order valence-corrected chi connectivity index (χ0v) is 12.1. The maximum Gasteiger partial charge on any atom is 0.332 e. The van der Waals surface area contributed by atoms with Gasteiger partial charge >= 0.3 is 5.97 Å². The minimum atomic E-state index is -0.973. The molecule has 2 rings (SSSR count). The summed E-state index contributed by atoms with van der Waals surface area (Å²) >= 11 is 0. The predicted molar refractivity (Wildman–Crippen MR) is 74.3 cm³/mol. The molecule has 0 spiro atoms. The van der Waals surface area contributed by atoms with Crippen LogP contribution in [-0.4, -0.2) is 35.2 Å². The van der Waals surface area contributed by atoms with Gasteiger partial charge in [-0.3, -0.25) is 4.79 Å². The topological polar surface area (TPSA) is 75.6 Å². The van der Waals surface area contributed by atoms with E-state index in [1.807, 2.05) is 0 Å². The Bertz CT molecular complexity index is 352. The normalized spacial score (nSPS) is 29.1. The van der Waals surface area contributed by atoms with Crippen molar-refractivity contribution in [2.24, 2.45) is 5.92 Å². The van der Waals surface area contributed by atoms with Crippen molar-refractivity contribution < 1.29 is 19.4 Å². The second kappa shape index (κ2) is 7.07. The first kappa shape index (κ1) is 15.3. The molecule has 3 atom stereocenters. The summed E-state index contributed by atoms with van der Waals surface area (Å²) in [7, 11) is 0. The Morgan fingerprint density at radius 1 is 1.15 bits per heavy atom. The first-order valence-electron chi connectivity index (χ1n) is 7.80. The van der Waals surface area contributed by atoms with Gasteiger partial charge in [0.2, 0.25) is 5.91 Å². The number of carboxylic acids is 1. The molecule has 1 amide bonds. The minimum Gasteiger partial charge on any atom is -0.479 e. The van der Waals surface area contributed by atoms with Crippen LogP contribution in [0.25, 0.3) is 0 Å². The highest BCUT2D eigenvalue weighted by molar-refractivity contribution is 5.82. The standard InChI is InChI=1S/C15H25NO4/c1-2-11(10-6-4-3-5-7-10)16-14(17)12-8-9-13(20-12)15(18)19/h10-13H,2-9H2,1H3,(H,16,17)(H,18,19). The molecule has 2 fully saturated rings. The van der Waals surface area contributed by atoms with Crippen molar-refractivity contribution >= 4 is 11.9 Å². The average molecular weight is 283 g/mol. The lowest BCUT2D eigenvalue weighted by molar-refractivity contribution is -0.152. The third-order valence-corrected chi connectivity index (χ3v) is 4.57. The molecule has 1 saturated carbocycles. The third kappa shape index (κ3) is 3.72. The molecule has 5 nitrogen and oxygen atoms in total.